The normalized spacial score (nSPS) is 11.1. The maximum atomic E-state index is 12.8. The van der Waals surface area contributed by atoms with Gasteiger partial charge >= 0.3 is 0 Å². The summed E-state index contributed by atoms with van der Waals surface area (Å²) < 4.78 is 0.990. The third kappa shape index (κ3) is 3.66. The highest BCUT2D eigenvalue weighted by atomic mass is 79.9. The lowest BCUT2D eigenvalue weighted by Crippen LogP contribution is -2.18. The van der Waals surface area contributed by atoms with Crippen LogP contribution < -0.4 is 5.43 Å². The van der Waals surface area contributed by atoms with E-state index in [1.807, 2.05) is 60.7 Å². The van der Waals surface area contributed by atoms with Gasteiger partial charge in [0.05, 0.1) is 6.21 Å². The van der Waals surface area contributed by atoms with Crippen LogP contribution in [0.4, 0.5) is 0 Å². The summed E-state index contributed by atoms with van der Waals surface area (Å²) in [5.41, 5.74) is 6.62. The number of nitrogens with zero attached hydrogens (tertiary/aromatic N) is 2. The number of pyridine rings is 1. The third-order valence-electron chi connectivity index (χ3n) is 4.15. The molecule has 0 saturated heterocycles. The molecule has 0 unspecified atom stereocenters. The second kappa shape index (κ2) is 7.55. The lowest BCUT2D eigenvalue weighted by Gasteiger charge is -2.04. The molecule has 27 heavy (non-hydrogen) atoms. The van der Waals surface area contributed by atoms with Gasteiger partial charge in [0, 0.05) is 33.3 Å². The molecule has 6 heteroatoms. The van der Waals surface area contributed by atoms with E-state index in [4.69, 9.17) is 0 Å². The second-order valence-electron chi connectivity index (χ2n) is 5.91. The maximum absolute atomic E-state index is 12.8. The van der Waals surface area contributed by atoms with Crippen molar-refractivity contribution in [1.29, 1.82) is 0 Å². The Morgan fingerprint density at radius 3 is 2.56 bits per heavy atom. The summed E-state index contributed by atoms with van der Waals surface area (Å²) in [6.07, 6.45) is 5.04. The number of nitrogens with one attached hydrogen (secondary N) is 2. The Bertz CT molecular complexity index is 1120. The molecule has 0 spiro atoms. The summed E-state index contributed by atoms with van der Waals surface area (Å²) >= 11 is 3.39. The van der Waals surface area contributed by atoms with E-state index >= 15 is 0 Å². The molecule has 0 radical (unpaired) electrons. The van der Waals surface area contributed by atoms with Crippen molar-refractivity contribution in [2.75, 3.05) is 0 Å². The number of hydrazone groups is 1. The van der Waals surface area contributed by atoms with Crippen LogP contribution in [0.3, 0.4) is 0 Å². The van der Waals surface area contributed by atoms with Crippen molar-refractivity contribution in [3.63, 3.8) is 0 Å². The Balaban J connectivity index is 1.66. The van der Waals surface area contributed by atoms with Gasteiger partial charge < -0.3 is 4.98 Å². The minimum absolute atomic E-state index is 0.300. The summed E-state index contributed by atoms with van der Waals surface area (Å²) in [4.78, 5) is 20.0. The molecule has 0 fully saturated rings. The summed E-state index contributed by atoms with van der Waals surface area (Å²) in [6, 6.07) is 19.2. The van der Waals surface area contributed by atoms with Crippen LogP contribution in [0.25, 0.3) is 22.0 Å². The Morgan fingerprint density at radius 2 is 1.78 bits per heavy atom. The predicted molar refractivity (Wildman–Crippen MR) is 111 cm³/mol. The zero-order valence-corrected chi connectivity index (χ0v) is 15.8. The van der Waals surface area contributed by atoms with Crippen LogP contribution >= 0.6 is 15.9 Å². The fourth-order valence-corrected chi connectivity index (χ4v) is 3.17. The molecule has 0 bridgehead atoms. The number of halogens is 1. The van der Waals surface area contributed by atoms with Gasteiger partial charge in [0.2, 0.25) is 0 Å². The van der Waals surface area contributed by atoms with E-state index in [0.29, 0.717) is 5.69 Å². The number of amides is 1. The maximum Gasteiger partial charge on any atom is 0.288 e. The molecule has 0 saturated carbocycles. The monoisotopic (exact) mass is 418 g/mol. The first-order chi connectivity index (χ1) is 13.2. The Morgan fingerprint density at radius 1 is 1.04 bits per heavy atom. The lowest BCUT2D eigenvalue weighted by atomic mass is 10.0. The van der Waals surface area contributed by atoms with Crippen LogP contribution in [0.15, 0.2) is 82.6 Å². The first-order valence-electron chi connectivity index (χ1n) is 8.32. The Hall–Kier alpha value is -3.25. The first-order valence-corrected chi connectivity index (χ1v) is 9.12. The van der Waals surface area contributed by atoms with E-state index in [-0.39, 0.29) is 5.91 Å². The van der Waals surface area contributed by atoms with Gasteiger partial charge in [-0.2, -0.15) is 5.10 Å². The zero-order valence-electron chi connectivity index (χ0n) is 14.2. The van der Waals surface area contributed by atoms with Gasteiger partial charge in [-0.3, -0.25) is 9.78 Å². The molecule has 2 heterocycles. The molecule has 0 atom stereocenters. The molecule has 2 aromatic heterocycles. The van der Waals surface area contributed by atoms with Crippen LogP contribution in [0.2, 0.25) is 0 Å². The van der Waals surface area contributed by atoms with Gasteiger partial charge in [0.15, 0.2) is 0 Å². The van der Waals surface area contributed by atoms with Gasteiger partial charge in [-0.1, -0.05) is 46.3 Å². The van der Waals surface area contributed by atoms with Crippen molar-refractivity contribution in [2.24, 2.45) is 5.10 Å². The third-order valence-corrected chi connectivity index (χ3v) is 4.68. The minimum Gasteiger partial charge on any atom is -0.350 e. The number of H-pyrrole nitrogens is 1. The molecule has 0 aliphatic heterocycles. The molecular formula is C21H15BrN4O. The Labute approximate surface area is 164 Å². The lowest BCUT2D eigenvalue weighted by molar-refractivity contribution is 0.0951. The number of benzene rings is 2. The number of carbonyl (C=O) groups is 1. The number of hydrogen-bond donors (Lipinski definition) is 2. The van der Waals surface area contributed by atoms with E-state index in [9.17, 15) is 4.79 Å². The van der Waals surface area contributed by atoms with E-state index in [0.717, 1.165) is 32.1 Å². The number of para-hydroxylation sites is 1. The van der Waals surface area contributed by atoms with Crippen molar-refractivity contribution >= 4 is 39.0 Å². The highest BCUT2D eigenvalue weighted by molar-refractivity contribution is 9.10. The topological polar surface area (TPSA) is 70.1 Å². The van der Waals surface area contributed by atoms with E-state index < -0.39 is 0 Å². The van der Waals surface area contributed by atoms with E-state index in [1.165, 1.54) is 0 Å². The van der Waals surface area contributed by atoms with Crippen molar-refractivity contribution < 1.29 is 4.79 Å². The number of carbonyl (C=O) groups excluding carboxylic acids is 1. The highest BCUT2D eigenvalue weighted by Gasteiger charge is 2.18. The van der Waals surface area contributed by atoms with Crippen molar-refractivity contribution in [3.8, 4) is 11.1 Å². The number of hydrogen-bond acceptors (Lipinski definition) is 3. The molecule has 1 amide bonds. The fourth-order valence-electron chi connectivity index (χ4n) is 2.90. The number of aromatic nitrogens is 2. The van der Waals surface area contributed by atoms with Crippen molar-refractivity contribution in [2.45, 2.75) is 0 Å². The number of aromatic amines is 1. The van der Waals surface area contributed by atoms with Crippen molar-refractivity contribution in [3.05, 3.63) is 88.8 Å². The number of fused-ring (bicyclic) bond motifs is 1. The average molecular weight is 419 g/mol. The fraction of sp³-hybridized carbons (Fsp3) is 0. The molecule has 0 aliphatic carbocycles. The van der Waals surface area contributed by atoms with Gasteiger partial charge in [-0.15, -0.1) is 0 Å². The molecule has 4 rings (SSSR count). The Kier molecular flexibility index (Phi) is 4.80. The SMILES string of the molecule is O=C(N/N=C/c1ccc(Br)cc1)c1[nH]c2ccccc2c1-c1ccncc1. The van der Waals surface area contributed by atoms with Crippen LogP contribution in [-0.4, -0.2) is 22.1 Å². The molecule has 2 aromatic carbocycles. The van der Waals surface area contributed by atoms with Gasteiger partial charge in [-0.05, 0) is 41.5 Å². The minimum atomic E-state index is -0.300. The van der Waals surface area contributed by atoms with E-state index in [1.54, 1.807) is 18.6 Å². The summed E-state index contributed by atoms with van der Waals surface area (Å²) in [5.74, 6) is -0.300. The molecular weight excluding hydrogens is 404 g/mol. The zero-order chi connectivity index (χ0) is 18.6. The van der Waals surface area contributed by atoms with Gasteiger partial charge in [-0.25, -0.2) is 5.43 Å². The van der Waals surface area contributed by atoms with Gasteiger partial charge in [0.25, 0.3) is 5.91 Å². The number of rotatable bonds is 4. The smallest absolute Gasteiger partial charge is 0.288 e. The first kappa shape index (κ1) is 17.2. The largest absolute Gasteiger partial charge is 0.350 e. The summed E-state index contributed by atoms with van der Waals surface area (Å²) in [7, 11) is 0. The highest BCUT2D eigenvalue weighted by Crippen LogP contribution is 2.32. The standard InChI is InChI=1S/C21H15BrN4O/c22-16-7-5-14(6-8-16)13-24-26-21(27)20-19(15-9-11-23-12-10-15)17-3-1-2-4-18(17)25-20/h1-13,25H,(H,26,27)/b24-13+. The van der Waals surface area contributed by atoms with Gasteiger partial charge in [0.1, 0.15) is 5.69 Å². The predicted octanol–water partition coefficient (Wildman–Crippen LogP) is 4.76. The van der Waals surface area contributed by atoms with Crippen LogP contribution in [0.1, 0.15) is 16.1 Å². The summed E-state index contributed by atoms with van der Waals surface area (Å²) in [6.45, 7) is 0. The van der Waals surface area contributed by atoms with Crippen LogP contribution in [0, 0.1) is 0 Å². The average Bonchev–Trinajstić information content (AvgIpc) is 3.10. The molecule has 4 aromatic rings. The summed E-state index contributed by atoms with van der Waals surface area (Å²) in [5, 5.41) is 5.06. The van der Waals surface area contributed by atoms with E-state index in [2.05, 4.69) is 36.4 Å². The quantitative estimate of drug-likeness (QED) is 0.370. The second-order valence-corrected chi connectivity index (χ2v) is 6.82. The molecule has 132 valence electrons. The van der Waals surface area contributed by atoms with Crippen molar-refractivity contribution in [1.82, 2.24) is 15.4 Å². The molecule has 0 aliphatic rings. The van der Waals surface area contributed by atoms with Crippen LogP contribution in [0.5, 0.6) is 0 Å². The molecule has 2 N–H and O–H groups in total. The van der Waals surface area contributed by atoms with Crippen LogP contribution in [-0.2, 0) is 0 Å². The molecule has 5 nitrogen and oxygen atoms in total.